The average molecular weight is 277 g/mol. The molecular formula is C15H23N3O2. The van der Waals surface area contributed by atoms with Gasteiger partial charge in [0.25, 0.3) is 0 Å². The predicted molar refractivity (Wildman–Crippen MR) is 78.4 cm³/mol. The van der Waals surface area contributed by atoms with E-state index in [1.165, 1.54) is 6.42 Å². The van der Waals surface area contributed by atoms with Gasteiger partial charge in [0.2, 0.25) is 0 Å². The van der Waals surface area contributed by atoms with Gasteiger partial charge in [-0.1, -0.05) is 13.3 Å². The van der Waals surface area contributed by atoms with Crippen LogP contribution in [-0.4, -0.2) is 33.9 Å². The zero-order valence-corrected chi connectivity index (χ0v) is 12.5. The van der Waals surface area contributed by atoms with Crippen molar-refractivity contribution < 1.29 is 9.90 Å². The molecule has 0 aromatic carbocycles. The molecule has 0 spiro atoms. The summed E-state index contributed by atoms with van der Waals surface area (Å²) in [7, 11) is 0. The summed E-state index contributed by atoms with van der Waals surface area (Å²) in [4.78, 5) is 13.8. The zero-order valence-electron chi connectivity index (χ0n) is 12.5. The molecule has 1 N–H and O–H groups in total. The first-order valence-corrected chi connectivity index (χ1v) is 7.40. The molecule has 1 unspecified atom stereocenters. The van der Waals surface area contributed by atoms with Gasteiger partial charge in [0.05, 0.1) is 5.69 Å². The zero-order chi connectivity index (χ0) is 14.7. The van der Waals surface area contributed by atoms with E-state index in [9.17, 15) is 9.90 Å². The topological polar surface area (TPSA) is 66.3 Å². The van der Waals surface area contributed by atoms with Gasteiger partial charge in [-0.05, 0) is 45.1 Å². The molecule has 5 heteroatoms. The fourth-order valence-corrected chi connectivity index (χ4v) is 2.97. The van der Waals surface area contributed by atoms with Gasteiger partial charge in [0.15, 0.2) is 5.82 Å². The first-order chi connectivity index (χ1) is 9.56. The van der Waals surface area contributed by atoms with Crippen molar-refractivity contribution in [3.63, 3.8) is 0 Å². The van der Waals surface area contributed by atoms with Crippen LogP contribution < -0.4 is 4.90 Å². The van der Waals surface area contributed by atoms with E-state index in [1.807, 2.05) is 6.92 Å². The number of hydrogen-bond donors (Lipinski definition) is 1. The van der Waals surface area contributed by atoms with Gasteiger partial charge in [-0.2, -0.15) is 5.10 Å². The Hall–Kier alpha value is -1.65. The Bertz CT molecular complexity index is 500. The van der Waals surface area contributed by atoms with Gasteiger partial charge in [0, 0.05) is 12.6 Å². The summed E-state index contributed by atoms with van der Waals surface area (Å²) in [6, 6.07) is 0.392. The highest BCUT2D eigenvalue weighted by Crippen LogP contribution is 2.30. The monoisotopic (exact) mass is 277 g/mol. The number of carboxylic acids is 1. The Morgan fingerprint density at radius 3 is 2.75 bits per heavy atom. The number of anilines is 1. The maximum atomic E-state index is 11.6. The molecule has 2 rings (SSSR count). The van der Waals surface area contributed by atoms with E-state index in [0.29, 0.717) is 23.1 Å². The van der Waals surface area contributed by atoms with E-state index in [1.54, 1.807) is 6.92 Å². The molecule has 2 heterocycles. The fraction of sp³-hybridized carbons (Fsp3) is 0.667. The quantitative estimate of drug-likeness (QED) is 0.916. The van der Waals surface area contributed by atoms with E-state index in [-0.39, 0.29) is 0 Å². The third-order valence-corrected chi connectivity index (χ3v) is 4.17. The average Bonchev–Trinajstić information content (AvgIpc) is 2.42. The van der Waals surface area contributed by atoms with E-state index >= 15 is 0 Å². The van der Waals surface area contributed by atoms with Crippen LogP contribution in [0.5, 0.6) is 0 Å². The Kier molecular flexibility index (Phi) is 4.57. The normalized spacial score (nSPS) is 19.1. The number of aromatic carboxylic acids is 1. The minimum Gasteiger partial charge on any atom is -0.478 e. The van der Waals surface area contributed by atoms with Crippen LogP contribution in [0.1, 0.15) is 60.6 Å². The number of aromatic nitrogens is 2. The van der Waals surface area contributed by atoms with Crippen LogP contribution in [0.3, 0.4) is 0 Å². The molecule has 0 amide bonds. The lowest BCUT2D eigenvalue weighted by atomic mass is 9.97. The maximum Gasteiger partial charge on any atom is 0.339 e. The SMILES string of the molecule is CCCC1CCCCN1c1nnc(C)c(C)c1C(=O)O. The Morgan fingerprint density at radius 1 is 1.35 bits per heavy atom. The Morgan fingerprint density at radius 2 is 2.10 bits per heavy atom. The molecule has 1 aromatic heterocycles. The highest BCUT2D eigenvalue weighted by molar-refractivity contribution is 5.95. The lowest BCUT2D eigenvalue weighted by Crippen LogP contribution is -2.41. The summed E-state index contributed by atoms with van der Waals surface area (Å²) in [6.07, 6.45) is 5.59. The largest absolute Gasteiger partial charge is 0.478 e. The number of carboxylic acid groups (broad SMARTS) is 1. The van der Waals surface area contributed by atoms with Crippen LogP contribution in [0.25, 0.3) is 0 Å². The standard InChI is InChI=1S/C15H23N3O2/c1-4-7-12-8-5-6-9-18(12)14-13(15(19)20)10(2)11(3)16-17-14/h12H,4-9H2,1-3H3,(H,19,20). The molecule has 1 fully saturated rings. The van der Waals surface area contributed by atoms with Crippen LogP contribution in [0, 0.1) is 13.8 Å². The number of aryl methyl sites for hydroxylation is 1. The van der Waals surface area contributed by atoms with E-state index in [2.05, 4.69) is 22.0 Å². The number of piperidine rings is 1. The van der Waals surface area contributed by atoms with Crippen LogP contribution in [0.2, 0.25) is 0 Å². The molecular weight excluding hydrogens is 254 g/mol. The number of carbonyl (C=O) groups is 1. The Balaban J connectivity index is 2.44. The third kappa shape index (κ3) is 2.76. The smallest absolute Gasteiger partial charge is 0.339 e. The molecule has 0 bridgehead atoms. The lowest BCUT2D eigenvalue weighted by molar-refractivity contribution is 0.0695. The summed E-state index contributed by atoms with van der Waals surface area (Å²) < 4.78 is 0. The molecule has 0 saturated carbocycles. The molecule has 1 atom stereocenters. The van der Waals surface area contributed by atoms with Crippen molar-refractivity contribution >= 4 is 11.8 Å². The fourth-order valence-electron chi connectivity index (χ4n) is 2.97. The third-order valence-electron chi connectivity index (χ3n) is 4.17. The Labute approximate surface area is 120 Å². The molecule has 5 nitrogen and oxygen atoms in total. The molecule has 1 saturated heterocycles. The van der Waals surface area contributed by atoms with Crippen molar-refractivity contribution in [1.29, 1.82) is 0 Å². The second-order valence-corrected chi connectivity index (χ2v) is 5.55. The van der Waals surface area contributed by atoms with Crippen LogP contribution in [-0.2, 0) is 0 Å². The summed E-state index contributed by atoms with van der Waals surface area (Å²) in [6.45, 7) is 6.66. The molecule has 0 radical (unpaired) electrons. The second kappa shape index (κ2) is 6.20. The van der Waals surface area contributed by atoms with E-state index in [4.69, 9.17) is 0 Å². The van der Waals surface area contributed by atoms with Crippen LogP contribution >= 0.6 is 0 Å². The van der Waals surface area contributed by atoms with Gasteiger partial charge in [-0.3, -0.25) is 0 Å². The van der Waals surface area contributed by atoms with Gasteiger partial charge in [-0.15, -0.1) is 5.10 Å². The first kappa shape index (κ1) is 14.8. The molecule has 0 aliphatic carbocycles. The second-order valence-electron chi connectivity index (χ2n) is 5.55. The maximum absolute atomic E-state index is 11.6. The number of nitrogens with zero attached hydrogens (tertiary/aromatic N) is 3. The van der Waals surface area contributed by atoms with Gasteiger partial charge in [-0.25, -0.2) is 4.79 Å². The van der Waals surface area contributed by atoms with Crippen molar-refractivity contribution in [2.45, 2.75) is 58.9 Å². The van der Waals surface area contributed by atoms with Crippen molar-refractivity contribution in [1.82, 2.24) is 10.2 Å². The van der Waals surface area contributed by atoms with Gasteiger partial charge in [0.1, 0.15) is 5.56 Å². The minimum atomic E-state index is -0.906. The first-order valence-electron chi connectivity index (χ1n) is 7.40. The molecule has 1 aliphatic heterocycles. The molecule has 110 valence electrons. The summed E-state index contributed by atoms with van der Waals surface area (Å²) in [5, 5.41) is 17.9. The van der Waals surface area contributed by atoms with Crippen molar-refractivity contribution in [2.75, 3.05) is 11.4 Å². The van der Waals surface area contributed by atoms with E-state index in [0.717, 1.165) is 37.8 Å². The summed E-state index contributed by atoms with van der Waals surface area (Å²) in [5.74, 6) is -0.352. The van der Waals surface area contributed by atoms with Crippen LogP contribution in [0.15, 0.2) is 0 Å². The lowest BCUT2D eigenvalue weighted by Gasteiger charge is -2.37. The molecule has 1 aromatic rings. The van der Waals surface area contributed by atoms with Crippen molar-refractivity contribution in [2.24, 2.45) is 0 Å². The van der Waals surface area contributed by atoms with Crippen molar-refractivity contribution in [3.8, 4) is 0 Å². The molecule has 20 heavy (non-hydrogen) atoms. The summed E-state index contributed by atoms with van der Waals surface area (Å²) in [5.41, 5.74) is 1.74. The minimum absolute atomic E-state index is 0.320. The number of rotatable bonds is 4. The van der Waals surface area contributed by atoms with Crippen LogP contribution in [0.4, 0.5) is 5.82 Å². The highest BCUT2D eigenvalue weighted by atomic mass is 16.4. The predicted octanol–water partition coefficient (Wildman–Crippen LogP) is 2.95. The summed E-state index contributed by atoms with van der Waals surface area (Å²) >= 11 is 0. The van der Waals surface area contributed by atoms with Crippen molar-refractivity contribution in [3.05, 3.63) is 16.8 Å². The highest BCUT2D eigenvalue weighted by Gasteiger charge is 2.28. The van der Waals surface area contributed by atoms with E-state index < -0.39 is 5.97 Å². The van der Waals surface area contributed by atoms with Gasteiger partial charge >= 0.3 is 5.97 Å². The van der Waals surface area contributed by atoms with Gasteiger partial charge < -0.3 is 10.0 Å². The number of hydrogen-bond acceptors (Lipinski definition) is 4. The molecule has 1 aliphatic rings.